The molecule has 1 saturated heterocycles. The molecule has 0 aliphatic carbocycles. The van der Waals surface area contributed by atoms with Gasteiger partial charge in [-0.2, -0.15) is 5.10 Å². The topological polar surface area (TPSA) is 29.9 Å². The highest BCUT2D eigenvalue weighted by atomic mass is 79.9. The van der Waals surface area contributed by atoms with Gasteiger partial charge in [-0.1, -0.05) is 13.3 Å². The zero-order valence-electron chi connectivity index (χ0n) is 9.17. The van der Waals surface area contributed by atoms with Crippen LogP contribution < -0.4 is 5.32 Å². The van der Waals surface area contributed by atoms with Gasteiger partial charge in [0.05, 0.1) is 22.4 Å². The van der Waals surface area contributed by atoms with Crippen LogP contribution >= 0.6 is 15.9 Å². The molecule has 0 aromatic carbocycles. The van der Waals surface area contributed by atoms with E-state index in [1.54, 1.807) is 0 Å². The molecule has 4 heteroatoms. The van der Waals surface area contributed by atoms with Crippen molar-refractivity contribution in [3.8, 4) is 0 Å². The summed E-state index contributed by atoms with van der Waals surface area (Å²) in [7, 11) is 0. The van der Waals surface area contributed by atoms with Crippen molar-refractivity contribution >= 4 is 15.9 Å². The van der Waals surface area contributed by atoms with Crippen LogP contribution in [0.2, 0.25) is 0 Å². The molecule has 1 fully saturated rings. The average Bonchev–Trinajstić information content (AvgIpc) is 2.63. The Morgan fingerprint density at radius 3 is 2.93 bits per heavy atom. The molecule has 2 heterocycles. The van der Waals surface area contributed by atoms with E-state index in [4.69, 9.17) is 0 Å². The number of halogens is 1. The van der Waals surface area contributed by atoms with Gasteiger partial charge < -0.3 is 5.32 Å². The highest BCUT2D eigenvalue weighted by Gasteiger charge is 2.19. The van der Waals surface area contributed by atoms with Gasteiger partial charge in [0.2, 0.25) is 0 Å². The SMILES string of the molecule is CCCc1c(Br)cnn1C1CCNCC1. The van der Waals surface area contributed by atoms with Gasteiger partial charge in [0.25, 0.3) is 0 Å². The van der Waals surface area contributed by atoms with E-state index in [1.165, 1.54) is 29.4 Å². The summed E-state index contributed by atoms with van der Waals surface area (Å²) in [5, 5.41) is 7.89. The standard InChI is InChI=1S/C11H18BrN3/c1-2-3-11-10(12)8-14-15(11)9-4-6-13-7-5-9/h8-9,13H,2-7H2,1H3. The third kappa shape index (κ3) is 2.42. The first-order valence-electron chi connectivity index (χ1n) is 5.75. The molecule has 0 radical (unpaired) electrons. The van der Waals surface area contributed by atoms with Gasteiger partial charge in [0, 0.05) is 0 Å². The maximum atomic E-state index is 4.50. The number of hydrogen-bond donors (Lipinski definition) is 1. The number of hydrogen-bond acceptors (Lipinski definition) is 2. The first-order chi connectivity index (χ1) is 7.33. The predicted molar refractivity (Wildman–Crippen MR) is 65.1 cm³/mol. The van der Waals surface area contributed by atoms with Crippen molar-refractivity contribution in [1.82, 2.24) is 15.1 Å². The monoisotopic (exact) mass is 271 g/mol. The molecule has 0 atom stereocenters. The van der Waals surface area contributed by atoms with Gasteiger partial charge in [0.15, 0.2) is 0 Å². The Hall–Kier alpha value is -0.350. The third-order valence-corrected chi connectivity index (χ3v) is 3.65. The van der Waals surface area contributed by atoms with Crippen LogP contribution in [0.4, 0.5) is 0 Å². The molecular weight excluding hydrogens is 254 g/mol. The van der Waals surface area contributed by atoms with Gasteiger partial charge in [-0.25, -0.2) is 0 Å². The molecule has 0 amide bonds. The van der Waals surface area contributed by atoms with E-state index in [2.05, 4.69) is 38.0 Å². The van der Waals surface area contributed by atoms with Crippen molar-refractivity contribution in [1.29, 1.82) is 0 Å². The Morgan fingerprint density at radius 1 is 1.53 bits per heavy atom. The largest absolute Gasteiger partial charge is 0.317 e. The lowest BCUT2D eigenvalue weighted by atomic mass is 10.1. The highest BCUT2D eigenvalue weighted by molar-refractivity contribution is 9.10. The average molecular weight is 272 g/mol. The predicted octanol–water partition coefficient (Wildman–Crippen LogP) is 2.52. The van der Waals surface area contributed by atoms with E-state index in [-0.39, 0.29) is 0 Å². The Morgan fingerprint density at radius 2 is 2.27 bits per heavy atom. The van der Waals surface area contributed by atoms with Gasteiger partial charge in [-0.15, -0.1) is 0 Å². The summed E-state index contributed by atoms with van der Waals surface area (Å²) in [6, 6.07) is 0.596. The first kappa shape index (κ1) is 11.1. The molecule has 1 aromatic heterocycles. The van der Waals surface area contributed by atoms with Gasteiger partial charge >= 0.3 is 0 Å². The lowest BCUT2D eigenvalue weighted by molar-refractivity contribution is 0.334. The van der Waals surface area contributed by atoms with E-state index < -0.39 is 0 Å². The summed E-state index contributed by atoms with van der Waals surface area (Å²) in [5.74, 6) is 0. The molecule has 15 heavy (non-hydrogen) atoms. The summed E-state index contributed by atoms with van der Waals surface area (Å²) in [6.07, 6.45) is 6.63. The molecule has 0 unspecified atom stereocenters. The third-order valence-electron chi connectivity index (χ3n) is 2.99. The lowest BCUT2D eigenvalue weighted by Gasteiger charge is -2.24. The van der Waals surface area contributed by atoms with Crippen LogP contribution in [0.25, 0.3) is 0 Å². The molecule has 0 saturated carbocycles. The number of rotatable bonds is 3. The lowest BCUT2D eigenvalue weighted by Crippen LogP contribution is -2.30. The first-order valence-corrected chi connectivity index (χ1v) is 6.54. The molecule has 1 N–H and O–H groups in total. The van der Waals surface area contributed by atoms with Crippen LogP contribution in [0.3, 0.4) is 0 Å². The minimum absolute atomic E-state index is 0.596. The molecule has 1 aromatic rings. The second-order valence-corrected chi connectivity index (χ2v) is 4.97. The molecule has 1 aliphatic rings. The molecule has 0 bridgehead atoms. The summed E-state index contributed by atoms with van der Waals surface area (Å²) in [5.41, 5.74) is 1.37. The summed E-state index contributed by atoms with van der Waals surface area (Å²) < 4.78 is 3.40. The van der Waals surface area contributed by atoms with Crippen LogP contribution in [-0.2, 0) is 6.42 Å². The number of nitrogens with zero attached hydrogens (tertiary/aromatic N) is 2. The van der Waals surface area contributed by atoms with E-state index in [0.29, 0.717) is 6.04 Å². The number of piperidine rings is 1. The molecule has 2 rings (SSSR count). The van der Waals surface area contributed by atoms with Gasteiger partial charge in [-0.05, 0) is 48.3 Å². The Labute approximate surface area is 99.4 Å². The van der Waals surface area contributed by atoms with Crippen molar-refractivity contribution in [2.24, 2.45) is 0 Å². The summed E-state index contributed by atoms with van der Waals surface area (Å²) >= 11 is 3.59. The van der Waals surface area contributed by atoms with E-state index in [0.717, 1.165) is 19.5 Å². The quantitative estimate of drug-likeness (QED) is 0.916. The minimum Gasteiger partial charge on any atom is -0.317 e. The second kappa shape index (κ2) is 5.12. The maximum absolute atomic E-state index is 4.50. The fourth-order valence-electron chi connectivity index (χ4n) is 2.20. The number of aromatic nitrogens is 2. The maximum Gasteiger partial charge on any atom is 0.0635 e. The fraction of sp³-hybridized carbons (Fsp3) is 0.727. The molecule has 3 nitrogen and oxygen atoms in total. The van der Waals surface area contributed by atoms with Gasteiger partial charge in [0.1, 0.15) is 0 Å². The van der Waals surface area contributed by atoms with Crippen molar-refractivity contribution < 1.29 is 0 Å². The smallest absolute Gasteiger partial charge is 0.0635 e. The summed E-state index contributed by atoms with van der Waals surface area (Å²) in [6.45, 7) is 4.45. The van der Waals surface area contributed by atoms with E-state index in [9.17, 15) is 0 Å². The molecule has 0 spiro atoms. The zero-order chi connectivity index (χ0) is 10.7. The van der Waals surface area contributed by atoms with Crippen molar-refractivity contribution in [2.45, 2.75) is 38.6 Å². The van der Waals surface area contributed by atoms with Gasteiger partial charge in [-0.3, -0.25) is 4.68 Å². The molecule has 84 valence electrons. The number of nitrogens with one attached hydrogen (secondary N) is 1. The van der Waals surface area contributed by atoms with Crippen LogP contribution in [0.15, 0.2) is 10.7 Å². The van der Waals surface area contributed by atoms with E-state index in [1.807, 2.05) is 6.20 Å². The van der Waals surface area contributed by atoms with Crippen LogP contribution in [0.5, 0.6) is 0 Å². The fourth-order valence-corrected chi connectivity index (χ4v) is 2.67. The Balaban J connectivity index is 2.18. The normalized spacial score (nSPS) is 18.3. The summed E-state index contributed by atoms with van der Waals surface area (Å²) in [4.78, 5) is 0. The van der Waals surface area contributed by atoms with Crippen LogP contribution in [-0.4, -0.2) is 22.9 Å². The van der Waals surface area contributed by atoms with Crippen molar-refractivity contribution in [3.05, 3.63) is 16.4 Å². The molecule has 1 aliphatic heterocycles. The molecular formula is C11H18BrN3. The van der Waals surface area contributed by atoms with Crippen LogP contribution in [0, 0.1) is 0 Å². The van der Waals surface area contributed by atoms with Crippen molar-refractivity contribution in [2.75, 3.05) is 13.1 Å². The van der Waals surface area contributed by atoms with E-state index >= 15 is 0 Å². The Kier molecular flexibility index (Phi) is 3.81. The zero-order valence-corrected chi connectivity index (χ0v) is 10.8. The second-order valence-electron chi connectivity index (χ2n) is 4.11. The van der Waals surface area contributed by atoms with Crippen LogP contribution in [0.1, 0.15) is 37.9 Å². The minimum atomic E-state index is 0.596. The van der Waals surface area contributed by atoms with Crippen molar-refractivity contribution in [3.63, 3.8) is 0 Å². The highest BCUT2D eigenvalue weighted by Crippen LogP contribution is 2.25. The Bertz CT molecular complexity index is 316.